The quantitative estimate of drug-likeness (QED) is 0.718. The van der Waals surface area contributed by atoms with Crippen LogP contribution in [0.4, 0.5) is 17.6 Å². The van der Waals surface area contributed by atoms with Gasteiger partial charge in [-0.1, -0.05) is 6.92 Å². The number of hydrogen-bond acceptors (Lipinski definition) is 2. The van der Waals surface area contributed by atoms with Gasteiger partial charge >= 0.3 is 11.8 Å². The zero-order chi connectivity index (χ0) is 11.0. The van der Waals surface area contributed by atoms with Crippen LogP contribution in [0.5, 0.6) is 0 Å². The van der Waals surface area contributed by atoms with E-state index in [0.717, 1.165) is 4.90 Å². The number of halogens is 4. The Balaban J connectivity index is 2.55. The second-order valence-electron chi connectivity index (χ2n) is 3.75. The molecule has 1 aliphatic heterocycles. The highest BCUT2D eigenvalue weighted by Crippen LogP contribution is 2.40. The lowest BCUT2D eigenvalue weighted by Crippen LogP contribution is -2.38. The van der Waals surface area contributed by atoms with Gasteiger partial charge in [0, 0.05) is 12.6 Å². The fourth-order valence-corrected chi connectivity index (χ4v) is 1.44. The summed E-state index contributed by atoms with van der Waals surface area (Å²) in [7, 11) is 0. The van der Waals surface area contributed by atoms with Crippen LogP contribution in [0.3, 0.4) is 0 Å². The minimum atomic E-state index is -3.92. The molecule has 6 heteroatoms. The molecule has 0 amide bonds. The third-order valence-corrected chi connectivity index (χ3v) is 2.40. The lowest BCUT2D eigenvalue weighted by molar-refractivity contribution is -0.172. The molecule has 2 N–H and O–H groups in total. The third kappa shape index (κ3) is 2.17. The first kappa shape index (κ1) is 11.7. The molecule has 1 saturated heterocycles. The predicted octanol–water partition coefficient (Wildman–Crippen LogP) is 1.31. The van der Waals surface area contributed by atoms with Crippen LogP contribution in [-0.2, 0) is 0 Å². The van der Waals surface area contributed by atoms with Gasteiger partial charge in [-0.05, 0) is 6.42 Å². The van der Waals surface area contributed by atoms with Gasteiger partial charge in [-0.2, -0.15) is 17.6 Å². The first-order chi connectivity index (χ1) is 6.28. The van der Waals surface area contributed by atoms with Crippen LogP contribution in [-0.4, -0.2) is 42.4 Å². The van der Waals surface area contributed by atoms with Crippen LogP contribution in [0.15, 0.2) is 0 Å². The van der Waals surface area contributed by atoms with Gasteiger partial charge in [0.1, 0.15) is 0 Å². The van der Waals surface area contributed by atoms with E-state index in [2.05, 4.69) is 0 Å². The summed E-state index contributed by atoms with van der Waals surface area (Å²) < 4.78 is 50.8. The van der Waals surface area contributed by atoms with Crippen LogP contribution < -0.4 is 5.73 Å². The molecule has 0 radical (unpaired) electrons. The van der Waals surface area contributed by atoms with Crippen molar-refractivity contribution in [3.05, 3.63) is 0 Å². The SMILES string of the molecule is CC[C@@H](N)CN1CC(F)(F)C(F)(F)C1. The molecule has 14 heavy (non-hydrogen) atoms. The maximum Gasteiger partial charge on any atom is 0.323 e. The molecule has 0 aromatic carbocycles. The average molecular weight is 214 g/mol. The zero-order valence-electron chi connectivity index (χ0n) is 7.94. The van der Waals surface area contributed by atoms with E-state index in [0.29, 0.717) is 6.42 Å². The van der Waals surface area contributed by atoms with Gasteiger partial charge in [0.05, 0.1) is 13.1 Å². The molecule has 1 atom stereocenters. The van der Waals surface area contributed by atoms with E-state index >= 15 is 0 Å². The Bertz CT molecular complexity index is 192. The average Bonchev–Trinajstić information content (AvgIpc) is 2.20. The normalized spacial score (nSPS) is 27.9. The highest BCUT2D eigenvalue weighted by Gasteiger charge is 2.62. The van der Waals surface area contributed by atoms with Gasteiger partial charge in [-0.3, -0.25) is 4.90 Å². The molecule has 84 valence electrons. The van der Waals surface area contributed by atoms with Crippen molar-refractivity contribution in [1.82, 2.24) is 4.90 Å². The number of nitrogens with two attached hydrogens (primary N) is 1. The number of rotatable bonds is 3. The Labute approximate surface area is 80.0 Å². The lowest BCUT2D eigenvalue weighted by Gasteiger charge is -2.18. The monoisotopic (exact) mass is 214 g/mol. The zero-order valence-corrected chi connectivity index (χ0v) is 7.94. The first-order valence-electron chi connectivity index (χ1n) is 4.52. The third-order valence-electron chi connectivity index (χ3n) is 2.40. The molecule has 0 bridgehead atoms. The van der Waals surface area contributed by atoms with Crippen molar-refractivity contribution in [2.24, 2.45) is 5.73 Å². The van der Waals surface area contributed by atoms with Crippen molar-refractivity contribution in [1.29, 1.82) is 0 Å². The molecule has 0 saturated carbocycles. The molecular formula is C8H14F4N2. The van der Waals surface area contributed by atoms with E-state index in [1.54, 1.807) is 6.92 Å². The van der Waals surface area contributed by atoms with Crippen molar-refractivity contribution < 1.29 is 17.6 Å². The molecule has 1 aliphatic rings. The Morgan fingerprint density at radius 3 is 2.00 bits per heavy atom. The molecular weight excluding hydrogens is 200 g/mol. The maximum atomic E-state index is 12.7. The fraction of sp³-hybridized carbons (Fsp3) is 1.00. The summed E-state index contributed by atoms with van der Waals surface area (Å²) in [6, 6.07) is -0.320. The summed E-state index contributed by atoms with van der Waals surface area (Å²) >= 11 is 0. The summed E-state index contributed by atoms with van der Waals surface area (Å²) in [4.78, 5) is 1.02. The van der Waals surface area contributed by atoms with Crippen molar-refractivity contribution in [3.8, 4) is 0 Å². The van der Waals surface area contributed by atoms with Crippen LogP contribution >= 0.6 is 0 Å². The van der Waals surface area contributed by atoms with Crippen LogP contribution in [0.2, 0.25) is 0 Å². The Kier molecular flexibility index (Phi) is 3.06. The molecule has 0 aromatic heterocycles. The first-order valence-corrected chi connectivity index (χ1v) is 4.52. The molecule has 0 spiro atoms. The van der Waals surface area contributed by atoms with Crippen molar-refractivity contribution in [2.45, 2.75) is 31.2 Å². The Morgan fingerprint density at radius 1 is 1.21 bits per heavy atom. The van der Waals surface area contributed by atoms with Gasteiger partial charge in [-0.15, -0.1) is 0 Å². The molecule has 1 fully saturated rings. The summed E-state index contributed by atoms with van der Waals surface area (Å²) in [6.07, 6.45) is 0.591. The molecule has 1 heterocycles. The van der Waals surface area contributed by atoms with Gasteiger partial charge in [-0.25, -0.2) is 0 Å². The summed E-state index contributed by atoms with van der Waals surface area (Å²) in [5, 5.41) is 0. The minimum absolute atomic E-state index is 0.0989. The Hall–Kier alpha value is -0.360. The second kappa shape index (κ2) is 3.66. The largest absolute Gasteiger partial charge is 0.327 e. The van der Waals surface area contributed by atoms with Gasteiger partial charge < -0.3 is 5.73 Å². The molecule has 0 aromatic rings. The van der Waals surface area contributed by atoms with E-state index in [4.69, 9.17) is 5.73 Å². The topological polar surface area (TPSA) is 29.3 Å². The smallest absolute Gasteiger partial charge is 0.323 e. The Morgan fingerprint density at radius 2 is 1.64 bits per heavy atom. The lowest BCUT2D eigenvalue weighted by atomic mass is 10.2. The van der Waals surface area contributed by atoms with Crippen LogP contribution in [0.1, 0.15) is 13.3 Å². The van der Waals surface area contributed by atoms with Crippen LogP contribution in [0.25, 0.3) is 0 Å². The number of alkyl halides is 4. The van der Waals surface area contributed by atoms with Gasteiger partial charge in [0.2, 0.25) is 0 Å². The maximum absolute atomic E-state index is 12.7. The highest BCUT2D eigenvalue weighted by atomic mass is 19.3. The predicted molar refractivity (Wildman–Crippen MR) is 44.6 cm³/mol. The summed E-state index contributed by atoms with van der Waals surface area (Å²) in [5.74, 6) is -7.83. The second-order valence-corrected chi connectivity index (χ2v) is 3.75. The standard InChI is InChI=1S/C8H14F4N2/c1-2-6(13)3-14-4-7(9,10)8(11,12)5-14/h6H,2-5,13H2,1H3/t6-/m1/s1. The molecule has 0 aliphatic carbocycles. The van der Waals surface area contributed by atoms with Crippen molar-refractivity contribution >= 4 is 0 Å². The van der Waals surface area contributed by atoms with Crippen LogP contribution in [0, 0.1) is 0 Å². The minimum Gasteiger partial charge on any atom is -0.327 e. The number of nitrogens with zero attached hydrogens (tertiary/aromatic N) is 1. The van der Waals surface area contributed by atoms with E-state index in [1.807, 2.05) is 0 Å². The number of hydrogen-bond donors (Lipinski definition) is 1. The van der Waals surface area contributed by atoms with Gasteiger partial charge in [0.25, 0.3) is 0 Å². The van der Waals surface area contributed by atoms with Gasteiger partial charge in [0.15, 0.2) is 0 Å². The molecule has 0 unspecified atom stereocenters. The van der Waals surface area contributed by atoms with Crippen molar-refractivity contribution in [3.63, 3.8) is 0 Å². The van der Waals surface area contributed by atoms with E-state index < -0.39 is 24.9 Å². The van der Waals surface area contributed by atoms with E-state index in [-0.39, 0.29) is 12.6 Å². The highest BCUT2D eigenvalue weighted by molar-refractivity contribution is 4.97. The summed E-state index contributed by atoms with van der Waals surface area (Å²) in [5.41, 5.74) is 5.50. The van der Waals surface area contributed by atoms with E-state index in [1.165, 1.54) is 0 Å². The van der Waals surface area contributed by atoms with Crippen molar-refractivity contribution in [2.75, 3.05) is 19.6 Å². The summed E-state index contributed by atoms with van der Waals surface area (Å²) in [6.45, 7) is 0.0973. The molecule has 1 rings (SSSR count). The number of likely N-dealkylation sites (tertiary alicyclic amines) is 1. The fourth-order valence-electron chi connectivity index (χ4n) is 1.44. The van der Waals surface area contributed by atoms with E-state index in [9.17, 15) is 17.6 Å². The molecule has 2 nitrogen and oxygen atoms in total.